The molecule has 0 atom stereocenters. The number of benzene rings is 2. The first-order chi connectivity index (χ1) is 17.4. The van der Waals surface area contributed by atoms with Gasteiger partial charge in [0.2, 0.25) is 0 Å². The first-order valence-electron chi connectivity index (χ1n) is 13.7. The first-order valence-corrected chi connectivity index (χ1v) is 13.7. The fourth-order valence-electron chi connectivity index (χ4n) is 4.13. The topological polar surface area (TPSA) is 40.5 Å². The van der Waals surface area contributed by atoms with Crippen LogP contribution in [0.4, 0.5) is 0 Å². The normalized spacial score (nSPS) is 14.6. The molecule has 0 amide bonds. The van der Waals surface area contributed by atoms with Crippen LogP contribution in [-0.4, -0.2) is 10.2 Å². The maximum absolute atomic E-state index is 9.02. The Bertz CT molecular complexity index is 1070. The number of rotatable bonds is 0. The van der Waals surface area contributed by atoms with Crippen LogP contribution in [0.15, 0.2) is 94.1 Å². The van der Waals surface area contributed by atoms with Gasteiger partial charge in [-0.05, 0) is 101 Å². The molecule has 0 aliphatic heterocycles. The largest absolute Gasteiger partial charge is 0.508 e. The smallest absolute Gasteiger partial charge is 0.115 e. The summed E-state index contributed by atoms with van der Waals surface area (Å²) in [5, 5.41) is 18.0. The van der Waals surface area contributed by atoms with Gasteiger partial charge in [0.15, 0.2) is 0 Å². The third-order valence-corrected chi connectivity index (χ3v) is 6.83. The van der Waals surface area contributed by atoms with Gasteiger partial charge in [0.25, 0.3) is 0 Å². The molecule has 0 radical (unpaired) electrons. The van der Waals surface area contributed by atoms with Crippen molar-refractivity contribution in [1.29, 1.82) is 0 Å². The van der Waals surface area contributed by atoms with Crippen molar-refractivity contribution in [2.45, 2.75) is 107 Å². The van der Waals surface area contributed by atoms with Crippen molar-refractivity contribution < 1.29 is 36.4 Å². The van der Waals surface area contributed by atoms with Crippen molar-refractivity contribution >= 4 is 0 Å². The van der Waals surface area contributed by atoms with E-state index >= 15 is 0 Å². The van der Waals surface area contributed by atoms with Crippen LogP contribution in [0, 0.1) is 0 Å². The molecule has 2 nitrogen and oxygen atoms in total. The molecule has 2 aliphatic rings. The monoisotopic (exact) mass is 606 g/mol. The van der Waals surface area contributed by atoms with Crippen LogP contribution >= 0.6 is 0 Å². The van der Waals surface area contributed by atoms with E-state index in [0.29, 0.717) is 11.5 Å². The quantitative estimate of drug-likeness (QED) is 0.313. The van der Waals surface area contributed by atoms with Crippen LogP contribution in [0.1, 0.15) is 107 Å². The molecule has 0 saturated heterocycles. The van der Waals surface area contributed by atoms with E-state index in [1.807, 2.05) is 24.3 Å². The zero-order chi connectivity index (χ0) is 29.3. The van der Waals surface area contributed by atoms with E-state index in [1.165, 1.54) is 57.4 Å². The molecule has 212 valence electrons. The third kappa shape index (κ3) is 14.2. The fraction of sp³-hybridized carbons (Fsp3) is 0.444. The number of phenols is 2. The molecule has 0 unspecified atom stereocenters. The number of hydrogen-bond donors (Lipinski definition) is 2. The predicted octanol–water partition coefficient (Wildman–Crippen LogP) is 10.7. The van der Waals surface area contributed by atoms with Gasteiger partial charge in [0.05, 0.1) is 0 Å². The molecule has 39 heavy (non-hydrogen) atoms. The second-order valence-corrected chi connectivity index (χ2v) is 12.9. The Balaban J connectivity index is 0.000000495. The van der Waals surface area contributed by atoms with Gasteiger partial charge in [-0.1, -0.05) is 111 Å². The molecule has 3 heteroatoms. The van der Waals surface area contributed by atoms with Crippen molar-refractivity contribution in [3.05, 3.63) is 105 Å². The zero-order valence-electron chi connectivity index (χ0n) is 26.6. The summed E-state index contributed by atoms with van der Waals surface area (Å²) in [6, 6.07) is 14.7. The van der Waals surface area contributed by atoms with E-state index in [9.17, 15) is 0 Å². The Hall–Kier alpha value is -2.12. The summed E-state index contributed by atoms with van der Waals surface area (Å²) in [6.45, 7) is 26.0. The number of aromatic hydroxyl groups is 2. The van der Waals surface area contributed by atoms with E-state index in [4.69, 9.17) is 10.2 Å². The summed E-state index contributed by atoms with van der Waals surface area (Å²) < 4.78 is 0. The maximum Gasteiger partial charge on any atom is 0.115 e. The van der Waals surface area contributed by atoms with E-state index in [0.717, 1.165) is 0 Å². The van der Waals surface area contributed by atoms with Gasteiger partial charge < -0.3 is 10.2 Å². The van der Waals surface area contributed by atoms with Gasteiger partial charge in [-0.15, -0.1) is 0 Å². The van der Waals surface area contributed by atoms with E-state index in [1.54, 1.807) is 24.3 Å². The van der Waals surface area contributed by atoms with Crippen LogP contribution in [0.5, 0.6) is 11.5 Å². The van der Waals surface area contributed by atoms with Crippen LogP contribution in [0.25, 0.3) is 0 Å². The van der Waals surface area contributed by atoms with Crippen LogP contribution in [0.2, 0.25) is 0 Å². The molecule has 2 aromatic carbocycles. The van der Waals surface area contributed by atoms with Gasteiger partial charge in [-0.25, -0.2) is 0 Å². The minimum absolute atomic E-state index is 0. The van der Waals surface area contributed by atoms with Crippen molar-refractivity contribution in [3.63, 3.8) is 0 Å². The Morgan fingerprint density at radius 3 is 0.872 bits per heavy atom. The Kier molecular flexibility index (Phi) is 15.3. The molecule has 0 spiro atoms. The molecule has 2 aromatic rings. The molecule has 0 saturated carbocycles. The number of allylic oxidation sites excluding steroid dienone is 8. The summed E-state index contributed by atoms with van der Waals surface area (Å²) in [4.78, 5) is 0. The van der Waals surface area contributed by atoms with Crippen LogP contribution in [-0.2, 0) is 37.0 Å². The van der Waals surface area contributed by atoms with Crippen molar-refractivity contribution in [2.24, 2.45) is 0 Å². The van der Waals surface area contributed by atoms with Gasteiger partial charge in [0, 0.05) is 26.2 Å². The molecule has 0 bridgehead atoms. The first kappa shape index (κ1) is 36.9. The molecular formula is C36H52O2Zr. The van der Waals surface area contributed by atoms with Crippen LogP contribution < -0.4 is 0 Å². The van der Waals surface area contributed by atoms with Crippen LogP contribution in [0.3, 0.4) is 0 Å². The molecule has 2 aliphatic carbocycles. The maximum atomic E-state index is 9.02. The van der Waals surface area contributed by atoms with Crippen molar-refractivity contribution in [1.82, 2.24) is 0 Å². The van der Waals surface area contributed by atoms with Gasteiger partial charge in [-0.2, -0.15) is 0 Å². The van der Waals surface area contributed by atoms with Gasteiger partial charge in [0.1, 0.15) is 11.5 Å². The molecule has 0 aromatic heterocycles. The summed E-state index contributed by atoms with van der Waals surface area (Å²) >= 11 is 0. The Morgan fingerprint density at radius 2 is 0.744 bits per heavy atom. The minimum Gasteiger partial charge on any atom is -0.508 e. The van der Waals surface area contributed by atoms with Crippen molar-refractivity contribution in [2.75, 3.05) is 0 Å². The summed E-state index contributed by atoms with van der Waals surface area (Å²) in [6.07, 6.45) is 6.92. The number of hydrogen-bond acceptors (Lipinski definition) is 2. The van der Waals surface area contributed by atoms with E-state index in [2.05, 4.69) is 95.2 Å². The zero-order valence-corrected chi connectivity index (χ0v) is 29.0. The third-order valence-electron chi connectivity index (χ3n) is 6.83. The van der Waals surface area contributed by atoms with Gasteiger partial charge in [-0.3, -0.25) is 0 Å². The number of phenolic OH excluding ortho intramolecular Hbond substituents is 2. The molecule has 0 heterocycles. The average molecular weight is 608 g/mol. The molecule has 2 N–H and O–H groups in total. The summed E-state index contributed by atoms with van der Waals surface area (Å²) in [5.74, 6) is 0.663. The molecular weight excluding hydrogens is 556 g/mol. The van der Waals surface area contributed by atoms with Gasteiger partial charge >= 0.3 is 0 Å². The fourth-order valence-corrected chi connectivity index (χ4v) is 4.13. The minimum atomic E-state index is 0. The van der Waals surface area contributed by atoms with E-state index in [-0.39, 0.29) is 37.0 Å². The van der Waals surface area contributed by atoms with Crippen molar-refractivity contribution in [3.8, 4) is 11.5 Å². The SMILES string of the molecule is CC(C)(C)c1ccc(O)cc1.CC(C)(C)c1ccc(O)cc1.CC1=CC(C)=C(C)C1.CC1=CC(C)=C(C)C1.[Zr]. The summed E-state index contributed by atoms with van der Waals surface area (Å²) in [7, 11) is 0. The second kappa shape index (κ2) is 16.2. The Labute approximate surface area is 258 Å². The van der Waals surface area contributed by atoms with E-state index < -0.39 is 0 Å². The molecule has 0 fully saturated rings. The molecule has 4 rings (SSSR count). The standard InChI is InChI=1S/2C10H14O.2C8H12.Zr/c2*1-10(2,3)8-4-6-9(11)7-5-8;2*1-6-4-7(2)8(3)5-6;/h2*4-7,11H,1-3H3;2*4H,5H2,1-3H3;. The second-order valence-electron chi connectivity index (χ2n) is 12.9. The average Bonchev–Trinajstić information content (AvgIpc) is 3.25. The summed E-state index contributed by atoms with van der Waals surface area (Å²) in [5.41, 5.74) is 11.8. The Morgan fingerprint density at radius 1 is 0.487 bits per heavy atom. The predicted molar refractivity (Wildman–Crippen MR) is 167 cm³/mol.